The van der Waals surface area contributed by atoms with Gasteiger partial charge in [-0.05, 0) is 122 Å². The predicted octanol–water partition coefficient (Wildman–Crippen LogP) is 7.71. The number of fused-ring (bicyclic) bond motifs is 5. The average Bonchev–Trinajstić information content (AvgIpc) is 3.26. The first-order valence-corrected chi connectivity index (χ1v) is 14.5. The van der Waals surface area contributed by atoms with Gasteiger partial charge in [-0.15, -0.1) is 0 Å². The van der Waals surface area contributed by atoms with E-state index in [1.165, 1.54) is 68.1 Å². The van der Waals surface area contributed by atoms with E-state index in [0.29, 0.717) is 5.41 Å². The molecule has 1 aromatic carbocycles. The van der Waals surface area contributed by atoms with Gasteiger partial charge in [-0.25, -0.2) is 0 Å². The summed E-state index contributed by atoms with van der Waals surface area (Å²) in [7, 11) is 0. The molecular weight excluding hydrogens is 426 g/mol. The summed E-state index contributed by atoms with van der Waals surface area (Å²) in [5, 5.41) is 0. The quantitative estimate of drug-likeness (QED) is 0.446. The summed E-state index contributed by atoms with van der Waals surface area (Å²) in [6.07, 6.45) is 20.5. The average molecular weight is 472 g/mol. The molecule has 35 heavy (non-hydrogen) atoms. The van der Waals surface area contributed by atoms with Crippen molar-refractivity contribution in [3.05, 3.63) is 53.6 Å². The number of nitrogens with zero attached hydrogens (tertiary/aromatic N) is 1. The monoisotopic (exact) mass is 471 g/mol. The summed E-state index contributed by atoms with van der Waals surface area (Å²) in [6.45, 7) is 13.0. The highest BCUT2D eigenvalue weighted by atomic mass is 16.5. The summed E-state index contributed by atoms with van der Waals surface area (Å²) >= 11 is 0. The zero-order chi connectivity index (χ0) is 24.0. The molecule has 0 bridgehead atoms. The third-order valence-electron chi connectivity index (χ3n) is 11.0. The normalized spacial score (nSPS) is 39.5. The third-order valence-corrected chi connectivity index (χ3v) is 11.0. The fraction of sp³-hybridized carbons (Fsp3) is 0.636. The molecule has 0 aromatic heterocycles. The van der Waals surface area contributed by atoms with Gasteiger partial charge < -0.3 is 4.74 Å². The molecule has 0 radical (unpaired) electrons. The molecule has 4 fully saturated rings. The molecule has 0 spiro atoms. The van der Waals surface area contributed by atoms with Crippen molar-refractivity contribution in [1.29, 1.82) is 0 Å². The van der Waals surface area contributed by atoms with Crippen LogP contribution in [0.2, 0.25) is 0 Å². The molecule has 1 aliphatic heterocycles. The van der Waals surface area contributed by atoms with Gasteiger partial charge in [-0.2, -0.15) is 0 Å². The fourth-order valence-electron chi connectivity index (χ4n) is 9.37. The van der Waals surface area contributed by atoms with Gasteiger partial charge in [0.15, 0.2) is 0 Å². The molecule has 1 saturated heterocycles. The van der Waals surface area contributed by atoms with Crippen molar-refractivity contribution in [3.8, 4) is 0 Å². The number of ether oxygens (including phenoxy) is 1. The lowest BCUT2D eigenvalue weighted by molar-refractivity contribution is -0.0620. The number of rotatable bonds is 4. The van der Waals surface area contributed by atoms with Gasteiger partial charge in [0.25, 0.3) is 0 Å². The van der Waals surface area contributed by atoms with Crippen molar-refractivity contribution in [2.24, 2.45) is 35.0 Å². The highest BCUT2D eigenvalue weighted by Crippen LogP contribution is 2.64. The number of hydrogen-bond acceptors (Lipinski definition) is 2. The van der Waals surface area contributed by atoms with Crippen LogP contribution in [0.4, 0.5) is 0 Å². The minimum absolute atomic E-state index is 0.349. The summed E-state index contributed by atoms with van der Waals surface area (Å²) < 4.78 is 5.63. The van der Waals surface area contributed by atoms with E-state index < -0.39 is 0 Å². The van der Waals surface area contributed by atoms with Crippen LogP contribution in [0.5, 0.6) is 0 Å². The second-order valence-corrected chi connectivity index (χ2v) is 12.4. The molecule has 1 aromatic rings. The van der Waals surface area contributed by atoms with Gasteiger partial charge in [-0.1, -0.05) is 49.9 Å². The Morgan fingerprint density at radius 3 is 2.63 bits per heavy atom. The van der Waals surface area contributed by atoms with Gasteiger partial charge in [-0.3, -0.25) is 4.90 Å². The van der Waals surface area contributed by atoms with Gasteiger partial charge in [0.1, 0.15) is 0 Å². The Morgan fingerprint density at radius 1 is 1.00 bits per heavy atom. The molecule has 4 aliphatic carbocycles. The molecule has 7 unspecified atom stereocenters. The van der Waals surface area contributed by atoms with E-state index in [1.807, 2.05) is 6.08 Å². The largest absolute Gasteiger partial charge is 0.379 e. The standard InChI is InChI=1S/C33H45NO/c1-4-6-24-21-26(8-7-23(24)5-2)31-13-14-32-30-11-9-25-22-27(34-17-19-35-20-18-34)10-12-28(25)29(30)15-16-33(31,32)3/h4-8,13,21,25,27-30,32H,2,9-12,14-20,22H2,1,3H3/b6-4-. The molecule has 5 aliphatic rings. The Kier molecular flexibility index (Phi) is 6.56. The second kappa shape index (κ2) is 9.67. The minimum atomic E-state index is 0.349. The molecule has 2 nitrogen and oxygen atoms in total. The molecule has 0 N–H and O–H groups in total. The van der Waals surface area contributed by atoms with E-state index in [-0.39, 0.29) is 0 Å². The van der Waals surface area contributed by atoms with Gasteiger partial charge in [0, 0.05) is 19.1 Å². The maximum atomic E-state index is 5.63. The number of allylic oxidation sites excluding steroid dienone is 3. The third kappa shape index (κ3) is 4.09. The van der Waals surface area contributed by atoms with E-state index in [4.69, 9.17) is 4.74 Å². The van der Waals surface area contributed by atoms with Crippen molar-refractivity contribution < 1.29 is 4.74 Å². The molecule has 1 heterocycles. The maximum absolute atomic E-state index is 5.63. The topological polar surface area (TPSA) is 12.5 Å². The van der Waals surface area contributed by atoms with Gasteiger partial charge >= 0.3 is 0 Å². The lowest BCUT2D eigenvalue weighted by atomic mass is 9.49. The second-order valence-electron chi connectivity index (χ2n) is 12.4. The van der Waals surface area contributed by atoms with Crippen LogP contribution in [0.3, 0.4) is 0 Å². The molecule has 3 saturated carbocycles. The van der Waals surface area contributed by atoms with Crippen LogP contribution >= 0.6 is 0 Å². The van der Waals surface area contributed by atoms with E-state index in [2.05, 4.69) is 61.8 Å². The highest BCUT2D eigenvalue weighted by Gasteiger charge is 2.55. The minimum Gasteiger partial charge on any atom is -0.379 e. The summed E-state index contributed by atoms with van der Waals surface area (Å²) in [6, 6.07) is 7.89. The maximum Gasteiger partial charge on any atom is 0.0594 e. The molecule has 2 heteroatoms. The van der Waals surface area contributed by atoms with E-state index in [0.717, 1.165) is 61.9 Å². The Hall–Kier alpha value is -1.64. The van der Waals surface area contributed by atoms with Crippen LogP contribution in [-0.2, 0) is 4.74 Å². The van der Waals surface area contributed by atoms with Crippen molar-refractivity contribution in [2.45, 2.75) is 71.3 Å². The zero-order valence-electron chi connectivity index (χ0n) is 22.1. The summed E-state index contributed by atoms with van der Waals surface area (Å²) in [4.78, 5) is 2.76. The Bertz CT molecular complexity index is 1000. The van der Waals surface area contributed by atoms with E-state index in [9.17, 15) is 0 Å². The van der Waals surface area contributed by atoms with Gasteiger partial charge in [0.05, 0.1) is 13.2 Å². The Morgan fingerprint density at radius 2 is 1.83 bits per heavy atom. The summed E-state index contributed by atoms with van der Waals surface area (Å²) in [5.74, 6) is 4.73. The molecule has 7 atom stereocenters. The Labute approximate surface area is 213 Å². The molecular formula is C33H45NO. The lowest BCUT2D eigenvalue weighted by Gasteiger charge is -2.56. The van der Waals surface area contributed by atoms with Crippen LogP contribution in [0.15, 0.2) is 36.9 Å². The number of morpholine rings is 1. The van der Waals surface area contributed by atoms with E-state index in [1.54, 1.807) is 5.57 Å². The highest BCUT2D eigenvalue weighted by molar-refractivity contribution is 5.77. The van der Waals surface area contributed by atoms with Gasteiger partial charge in [0.2, 0.25) is 0 Å². The van der Waals surface area contributed by atoms with Crippen LogP contribution in [-0.4, -0.2) is 37.2 Å². The van der Waals surface area contributed by atoms with Crippen molar-refractivity contribution in [1.82, 2.24) is 4.90 Å². The molecule has 6 rings (SSSR count). The number of hydrogen-bond donors (Lipinski definition) is 0. The molecule has 188 valence electrons. The Balaban J connectivity index is 1.18. The van der Waals surface area contributed by atoms with Crippen LogP contribution in [0, 0.1) is 35.0 Å². The van der Waals surface area contributed by atoms with Crippen LogP contribution in [0.25, 0.3) is 17.7 Å². The van der Waals surface area contributed by atoms with Crippen molar-refractivity contribution in [3.63, 3.8) is 0 Å². The van der Waals surface area contributed by atoms with Crippen LogP contribution < -0.4 is 0 Å². The van der Waals surface area contributed by atoms with Crippen LogP contribution in [0.1, 0.15) is 81.9 Å². The summed E-state index contributed by atoms with van der Waals surface area (Å²) in [5.41, 5.74) is 5.98. The first-order chi connectivity index (χ1) is 17.1. The fourth-order valence-corrected chi connectivity index (χ4v) is 9.37. The van der Waals surface area contributed by atoms with Crippen molar-refractivity contribution >= 4 is 17.7 Å². The number of benzene rings is 1. The van der Waals surface area contributed by atoms with Crippen molar-refractivity contribution in [2.75, 3.05) is 26.3 Å². The smallest absolute Gasteiger partial charge is 0.0594 e. The lowest BCUT2D eigenvalue weighted by Crippen LogP contribution is -2.51. The van der Waals surface area contributed by atoms with E-state index >= 15 is 0 Å². The zero-order valence-corrected chi connectivity index (χ0v) is 22.1. The molecule has 0 amide bonds. The first-order valence-electron chi connectivity index (χ1n) is 14.5. The predicted molar refractivity (Wildman–Crippen MR) is 148 cm³/mol. The first kappa shape index (κ1) is 23.7. The SMILES string of the molecule is C=Cc1ccc(C2=CCC3C4CCC5CC(N6CCOCC6)CCC5C4CCC23C)cc1/C=C\C.